The summed E-state index contributed by atoms with van der Waals surface area (Å²) in [5.74, 6) is -0.212. The molecule has 0 radical (unpaired) electrons. The highest BCUT2D eigenvalue weighted by Gasteiger charge is 2.41. The minimum atomic E-state index is -0.212. The Balaban J connectivity index is 1.52. The van der Waals surface area contributed by atoms with E-state index < -0.39 is 0 Å². The molecule has 5 heteroatoms. The van der Waals surface area contributed by atoms with Crippen molar-refractivity contribution in [3.05, 3.63) is 35.6 Å². The first-order valence-electron chi connectivity index (χ1n) is 8.45. The Morgan fingerprint density at radius 2 is 2.09 bits per heavy atom. The maximum atomic E-state index is 13.7. The summed E-state index contributed by atoms with van der Waals surface area (Å²) in [5, 5.41) is 3.01. The van der Waals surface area contributed by atoms with E-state index in [1.54, 1.807) is 12.1 Å². The highest BCUT2D eigenvalue weighted by molar-refractivity contribution is 5.75. The maximum absolute atomic E-state index is 13.7. The lowest BCUT2D eigenvalue weighted by Crippen LogP contribution is -2.45. The fourth-order valence-electron chi connectivity index (χ4n) is 3.67. The lowest BCUT2D eigenvalue weighted by molar-refractivity contribution is 0.0208. The van der Waals surface area contributed by atoms with Crippen LogP contribution >= 0.6 is 0 Å². The summed E-state index contributed by atoms with van der Waals surface area (Å²) in [6.45, 7) is 5.15. The van der Waals surface area contributed by atoms with Gasteiger partial charge in [0.25, 0.3) is 0 Å². The van der Waals surface area contributed by atoms with E-state index in [0.717, 1.165) is 45.6 Å². The fraction of sp³-hybridized carbons (Fsp3) is 0.611. The molecule has 2 fully saturated rings. The number of halogens is 1. The summed E-state index contributed by atoms with van der Waals surface area (Å²) in [4.78, 5) is 14.4. The number of ether oxygens (including phenoxy) is 1. The summed E-state index contributed by atoms with van der Waals surface area (Å²) in [7, 11) is 0. The number of nitrogens with one attached hydrogen (secondary N) is 1. The SMILES string of the molecule is CC(Cc1ccccc1F)NC(=O)N1CCC2(CCOCC2)C1. The standard InChI is InChI=1S/C18H25FN2O2/c1-14(12-15-4-2-3-5-16(15)19)20-17(22)21-9-6-18(13-21)7-10-23-11-8-18/h2-5,14H,6-13H2,1H3,(H,20,22). The lowest BCUT2D eigenvalue weighted by atomic mass is 9.80. The van der Waals surface area contributed by atoms with E-state index in [0.29, 0.717) is 12.0 Å². The Morgan fingerprint density at radius 3 is 2.83 bits per heavy atom. The van der Waals surface area contributed by atoms with E-state index >= 15 is 0 Å². The lowest BCUT2D eigenvalue weighted by Gasteiger charge is -2.33. The van der Waals surface area contributed by atoms with Crippen molar-refractivity contribution in [2.45, 2.75) is 38.6 Å². The summed E-state index contributed by atoms with van der Waals surface area (Å²) in [6.07, 6.45) is 3.65. The Bertz CT molecular complexity index is 558. The van der Waals surface area contributed by atoms with Crippen molar-refractivity contribution in [3.63, 3.8) is 0 Å². The maximum Gasteiger partial charge on any atom is 0.317 e. The van der Waals surface area contributed by atoms with Gasteiger partial charge in [-0.2, -0.15) is 0 Å². The predicted molar refractivity (Wildman–Crippen MR) is 86.8 cm³/mol. The smallest absolute Gasteiger partial charge is 0.317 e. The number of likely N-dealkylation sites (tertiary alicyclic amines) is 1. The number of benzene rings is 1. The zero-order valence-corrected chi connectivity index (χ0v) is 13.7. The van der Waals surface area contributed by atoms with E-state index in [-0.39, 0.29) is 23.3 Å². The first-order chi connectivity index (χ1) is 11.1. The molecular formula is C18H25FN2O2. The Hall–Kier alpha value is -1.62. The van der Waals surface area contributed by atoms with Crippen LogP contribution in [0.2, 0.25) is 0 Å². The summed E-state index contributed by atoms with van der Waals surface area (Å²) in [5.41, 5.74) is 0.896. The van der Waals surface area contributed by atoms with Gasteiger partial charge in [0, 0.05) is 32.3 Å². The first kappa shape index (κ1) is 16.2. The average molecular weight is 320 g/mol. The zero-order valence-electron chi connectivity index (χ0n) is 13.7. The highest BCUT2D eigenvalue weighted by atomic mass is 19.1. The quantitative estimate of drug-likeness (QED) is 0.930. The molecule has 3 rings (SSSR count). The molecule has 2 heterocycles. The number of urea groups is 1. The molecule has 0 bridgehead atoms. The third-order valence-corrected chi connectivity index (χ3v) is 5.13. The molecule has 2 aliphatic rings. The molecule has 1 N–H and O–H groups in total. The molecule has 1 aromatic rings. The van der Waals surface area contributed by atoms with Crippen molar-refractivity contribution in [1.82, 2.24) is 10.2 Å². The van der Waals surface area contributed by atoms with Crippen LogP contribution in [0.1, 0.15) is 31.7 Å². The van der Waals surface area contributed by atoms with Gasteiger partial charge in [0.15, 0.2) is 0 Å². The number of hydrogen-bond acceptors (Lipinski definition) is 2. The third-order valence-electron chi connectivity index (χ3n) is 5.13. The number of carbonyl (C=O) groups excluding carboxylic acids is 1. The second-order valence-electron chi connectivity index (χ2n) is 6.93. The van der Waals surface area contributed by atoms with Gasteiger partial charge in [-0.1, -0.05) is 18.2 Å². The minimum absolute atomic E-state index is 0.0304. The van der Waals surface area contributed by atoms with Crippen LogP contribution in [-0.2, 0) is 11.2 Å². The number of hydrogen-bond donors (Lipinski definition) is 1. The van der Waals surface area contributed by atoms with Crippen LogP contribution in [0.3, 0.4) is 0 Å². The highest BCUT2D eigenvalue weighted by Crippen LogP contribution is 2.39. The molecule has 2 saturated heterocycles. The molecule has 0 aromatic heterocycles. The van der Waals surface area contributed by atoms with Gasteiger partial charge < -0.3 is 15.0 Å². The van der Waals surface area contributed by atoms with E-state index in [9.17, 15) is 9.18 Å². The molecule has 2 amide bonds. The number of amides is 2. The molecule has 126 valence electrons. The first-order valence-corrected chi connectivity index (χ1v) is 8.45. The van der Waals surface area contributed by atoms with E-state index in [2.05, 4.69) is 5.32 Å². The molecule has 0 aliphatic carbocycles. The molecule has 1 unspecified atom stereocenters. The third kappa shape index (κ3) is 3.83. The monoisotopic (exact) mass is 320 g/mol. The van der Waals surface area contributed by atoms with Crippen LogP contribution in [-0.4, -0.2) is 43.3 Å². The second-order valence-corrected chi connectivity index (χ2v) is 6.93. The van der Waals surface area contributed by atoms with Crippen molar-refractivity contribution in [2.75, 3.05) is 26.3 Å². The number of nitrogens with zero attached hydrogens (tertiary/aromatic N) is 1. The fourth-order valence-corrected chi connectivity index (χ4v) is 3.67. The van der Waals surface area contributed by atoms with E-state index in [1.165, 1.54) is 6.07 Å². The van der Waals surface area contributed by atoms with Crippen molar-refractivity contribution in [1.29, 1.82) is 0 Å². The van der Waals surface area contributed by atoms with Crippen molar-refractivity contribution < 1.29 is 13.9 Å². The number of rotatable bonds is 3. The molecule has 0 saturated carbocycles. The van der Waals surface area contributed by atoms with E-state index in [1.807, 2.05) is 17.9 Å². The van der Waals surface area contributed by atoms with Gasteiger partial charge in [-0.15, -0.1) is 0 Å². The van der Waals surface area contributed by atoms with Crippen LogP contribution in [0.15, 0.2) is 24.3 Å². The van der Waals surface area contributed by atoms with Crippen molar-refractivity contribution >= 4 is 6.03 Å². The topological polar surface area (TPSA) is 41.6 Å². The largest absolute Gasteiger partial charge is 0.381 e. The summed E-state index contributed by atoms with van der Waals surface area (Å²) < 4.78 is 19.1. The second kappa shape index (κ2) is 6.87. The van der Waals surface area contributed by atoms with Gasteiger partial charge in [-0.05, 0) is 49.7 Å². The number of carbonyl (C=O) groups is 1. The molecule has 1 spiro atoms. The predicted octanol–water partition coefficient (Wildman–Crippen LogP) is 2.97. The zero-order chi connectivity index (χ0) is 16.3. The minimum Gasteiger partial charge on any atom is -0.381 e. The van der Waals surface area contributed by atoms with Gasteiger partial charge >= 0.3 is 6.03 Å². The Kier molecular flexibility index (Phi) is 4.85. The van der Waals surface area contributed by atoms with E-state index in [4.69, 9.17) is 4.74 Å². The molecule has 23 heavy (non-hydrogen) atoms. The molecule has 1 aromatic carbocycles. The van der Waals surface area contributed by atoms with Gasteiger partial charge in [0.05, 0.1) is 0 Å². The van der Waals surface area contributed by atoms with Crippen molar-refractivity contribution in [3.8, 4) is 0 Å². The van der Waals surface area contributed by atoms with Crippen LogP contribution in [0, 0.1) is 11.2 Å². The van der Waals surface area contributed by atoms with Gasteiger partial charge in [0.1, 0.15) is 5.82 Å². The summed E-state index contributed by atoms with van der Waals surface area (Å²) in [6, 6.07) is 6.61. The normalized spacial score (nSPS) is 21.4. The summed E-state index contributed by atoms with van der Waals surface area (Å²) >= 11 is 0. The molecule has 4 nitrogen and oxygen atoms in total. The van der Waals surface area contributed by atoms with Crippen molar-refractivity contribution in [2.24, 2.45) is 5.41 Å². The Morgan fingerprint density at radius 1 is 1.35 bits per heavy atom. The average Bonchev–Trinajstić information content (AvgIpc) is 2.94. The molecular weight excluding hydrogens is 295 g/mol. The van der Waals surface area contributed by atoms with Crippen LogP contribution in [0.25, 0.3) is 0 Å². The van der Waals surface area contributed by atoms with Gasteiger partial charge in [0.2, 0.25) is 0 Å². The van der Waals surface area contributed by atoms with Gasteiger partial charge in [-0.3, -0.25) is 0 Å². The van der Waals surface area contributed by atoms with Crippen LogP contribution in [0.5, 0.6) is 0 Å². The van der Waals surface area contributed by atoms with Crippen LogP contribution < -0.4 is 5.32 Å². The Labute approximate surface area is 137 Å². The molecule has 1 atom stereocenters. The van der Waals surface area contributed by atoms with Gasteiger partial charge in [-0.25, -0.2) is 9.18 Å². The van der Waals surface area contributed by atoms with Crippen LogP contribution in [0.4, 0.5) is 9.18 Å². The molecule has 2 aliphatic heterocycles.